The summed E-state index contributed by atoms with van der Waals surface area (Å²) in [6.45, 7) is 3.19. The first-order valence-corrected chi connectivity index (χ1v) is 10.3. The van der Waals surface area contributed by atoms with Gasteiger partial charge in [-0.2, -0.15) is 0 Å². The number of fused-ring (bicyclic) bond motifs is 1. The maximum absolute atomic E-state index is 10.8. The van der Waals surface area contributed by atoms with Crippen molar-refractivity contribution in [1.29, 1.82) is 0 Å². The number of aryl methyl sites for hydroxylation is 2. The highest BCUT2D eigenvalue weighted by atomic mass is 35.5. The zero-order valence-corrected chi connectivity index (χ0v) is 17.3. The molecule has 2 aromatic rings. The molecule has 5 heteroatoms. The summed E-state index contributed by atoms with van der Waals surface area (Å²) in [6.07, 6.45) is 4.10. The Morgan fingerprint density at radius 1 is 1.29 bits per heavy atom. The van der Waals surface area contributed by atoms with Gasteiger partial charge in [-0.3, -0.25) is 4.79 Å². The molecule has 4 nitrogen and oxygen atoms in total. The summed E-state index contributed by atoms with van der Waals surface area (Å²) in [5.74, 6) is 0.132. The molecule has 0 saturated heterocycles. The number of carboxylic acid groups (broad SMARTS) is 1. The molecule has 0 aliphatic heterocycles. The van der Waals surface area contributed by atoms with Gasteiger partial charge in [0.05, 0.1) is 6.42 Å². The molecule has 0 aromatic heterocycles. The lowest BCUT2D eigenvalue weighted by molar-refractivity contribution is -0.137. The quantitative estimate of drug-likeness (QED) is 0.693. The molecule has 3 rings (SSSR count). The average molecular weight is 402 g/mol. The van der Waals surface area contributed by atoms with E-state index in [1.807, 2.05) is 25.2 Å². The van der Waals surface area contributed by atoms with E-state index in [9.17, 15) is 4.79 Å². The van der Waals surface area contributed by atoms with Crippen LogP contribution in [0.2, 0.25) is 5.02 Å². The van der Waals surface area contributed by atoms with Crippen LogP contribution in [0.1, 0.15) is 42.0 Å². The molecule has 1 aliphatic carbocycles. The summed E-state index contributed by atoms with van der Waals surface area (Å²) < 4.78 is 6.06. The van der Waals surface area contributed by atoms with Crippen molar-refractivity contribution in [3.8, 4) is 5.75 Å². The van der Waals surface area contributed by atoms with E-state index < -0.39 is 5.97 Å². The first-order chi connectivity index (χ1) is 13.5. The van der Waals surface area contributed by atoms with Crippen LogP contribution in [0.4, 0.5) is 0 Å². The number of aliphatic carboxylic acids is 1. The van der Waals surface area contributed by atoms with E-state index in [0.717, 1.165) is 42.0 Å². The highest BCUT2D eigenvalue weighted by molar-refractivity contribution is 6.31. The molecule has 28 heavy (non-hydrogen) atoms. The molecule has 1 aliphatic rings. The number of carboxylic acids is 1. The third-order valence-electron chi connectivity index (χ3n) is 5.66. The predicted molar refractivity (Wildman–Crippen MR) is 112 cm³/mol. The first-order valence-electron chi connectivity index (χ1n) is 9.90. The number of carbonyl (C=O) groups is 1. The molecule has 0 amide bonds. The Bertz CT molecular complexity index is 837. The van der Waals surface area contributed by atoms with Gasteiger partial charge in [0, 0.05) is 23.2 Å². The third kappa shape index (κ3) is 5.06. The van der Waals surface area contributed by atoms with Crippen LogP contribution in [0.3, 0.4) is 0 Å². The Hall–Kier alpha value is -2.04. The number of halogens is 1. The molecule has 0 heterocycles. The molecule has 2 aromatic carbocycles. The van der Waals surface area contributed by atoms with Crippen molar-refractivity contribution in [2.45, 2.75) is 51.7 Å². The van der Waals surface area contributed by atoms with Crippen LogP contribution in [0.15, 0.2) is 36.4 Å². The lowest BCUT2D eigenvalue weighted by Crippen LogP contribution is -2.37. The Kier molecular flexibility index (Phi) is 6.97. The van der Waals surface area contributed by atoms with Crippen LogP contribution < -0.4 is 4.74 Å². The highest BCUT2D eigenvalue weighted by Gasteiger charge is 2.22. The number of likely N-dealkylation sites (N-methyl/N-ethyl adjacent to an activating group) is 1. The van der Waals surface area contributed by atoms with E-state index in [1.165, 1.54) is 16.7 Å². The van der Waals surface area contributed by atoms with E-state index in [2.05, 4.69) is 30.0 Å². The fourth-order valence-electron chi connectivity index (χ4n) is 3.88. The molecule has 0 fully saturated rings. The normalized spacial score (nSPS) is 16.1. The van der Waals surface area contributed by atoms with Crippen molar-refractivity contribution in [1.82, 2.24) is 4.90 Å². The van der Waals surface area contributed by atoms with Crippen molar-refractivity contribution in [2.75, 3.05) is 13.6 Å². The third-order valence-corrected chi connectivity index (χ3v) is 6.02. The Morgan fingerprint density at radius 3 is 2.86 bits per heavy atom. The molecule has 1 unspecified atom stereocenters. The topological polar surface area (TPSA) is 49.8 Å². The summed E-state index contributed by atoms with van der Waals surface area (Å²) >= 11 is 6.36. The second-order valence-corrected chi connectivity index (χ2v) is 7.88. The van der Waals surface area contributed by atoms with Crippen molar-refractivity contribution >= 4 is 17.6 Å². The SMILES string of the molecule is CCc1cccc(Cl)c1COc1ccc2c(c1)CCC(N(C)CCC(=O)O)C2. The largest absolute Gasteiger partial charge is 0.489 e. The van der Waals surface area contributed by atoms with Crippen LogP contribution in [0.5, 0.6) is 5.75 Å². The monoisotopic (exact) mass is 401 g/mol. The summed E-state index contributed by atoms with van der Waals surface area (Å²) in [7, 11) is 2.02. The van der Waals surface area contributed by atoms with Gasteiger partial charge in [0.25, 0.3) is 0 Å². The first kappa shape index (κ1) is 20.7. The maximum Gasteiger partial charge on any atom is 0.304 e. The van der Waals surface area contributed by atoms with E-state index in [4.69, 9.17) is 21.4 Å². The molecule has 0 radical (unpaired) electrons. The van der Waals surface area contributed by atoms with Crippen LogP contribution in [0, 0.1) is 0 Å². The van der Waals surface area contributed by atoms with Crippen molar-refractivity contribution in [2.24, 2.45) is 0 Å². The van der Waals surface area contributed by atoms with Gasteiger partial charge in [0.1, 0.15) is 12.4 Å². The Labute approximate surface area is 172 Å². The second-order valence-electron chi connectivity index (χ2n) is 7.47. The predicted octanol–water partition coefficient (Wildman–Crippen LogP) is 4.75. The van der Waals surface area contributed by atoms with E-state index in [0.29, 0.717) is 19.2 Å². The zero-order chi connectivity index (χ0) is 20.1. The molecular formula is C23H28ClNO3. The van der Waals surface area contributed by atoms with E-state index >= 15 is 0 Å². The van der Waals surface area contributed by atoms with Gasteiger partial charge in [-0.15, -0.1) is 0 Å². The minimum Gasteiger partial charge on any atom is -0.489 e. The fourth-order valence-corrected chi connectivity index (χ4v) is 4.13. The van der Waals surface area contributed by atoms with Gasteiger partial charge in [-0.25, -0.2) is 0 Å². The van der Waals surface area contributed by atoms with Crippen molar-refractivity contribution in [3.63, 3.8) is 0 Å². The standard InChI is InChI=1S/C23H28ClNO3/c1-3-16-5-4-6-22(24)21(16)15-28-20-10-8-17-13-19(9-7-18(17)14-20)25(2)12-11-23(26)27/h4-6,8,10,14,19H,3,7,9,11-13,15H2,1-2H3,(H,26,27). The van der Waals surface area contributed by atoms with Gasteiger partial charge in [0.15, 0.2) is 0 Å². The lowest BCUT2D eigenvalue weighted by atomic mass is 9.87. The minimum absolute atomic E-state index is 0.189. The smallest absolute Gasteiger partial charge is 0.304 e. The van der Waals surface area contributed by atoms with Crippen LogP contribution >= 0.6 is 11.6 Å². The Balaban J connectivity index is 1.63. The second kappa shape index (κ2) is 9.44. The van der Waals surface area contributed by atoms with Gasteiger partial charge in [-0.1, -0.05) is 36.7 Å². The summed E-state index contributed by atoms with van der Waals surface area (Å²) in [5, 5.41) is 9.64. The lowest BCUT2D eigenvalue weighted by Gasteiger charge is -2.32. The molecule has 1 atom stereocenters. The van der Waals surface area contributed by atoms with Crippen LogP contribution in [-0.2, 0) is 30.7 Å². The molecule has 0 bridgehead atoms. The van der Waals surface area contributed by atoms with Gasteiger partial charge < -0.3 is 14.7 Å². The van der Waals surface area contributed by atoms with Gasteiger partial charge in [0.2, 0.25) is 0 Å². The number of hydrogen-bond donors (Lipinski definition) is 1. The molecular weight excluding hydrogens is 374 g/mol. The number of benzene rings is 2. The van der Waals surface area contributed by atoms with E-state index in [-0.39, 0.29) is 6.42 Å². The van der Waals surface area contributed by atoms with Gasteiger partial charge in [-0.05, 0) is 67.6 Å². The number of rotatable bonds is 8. The molecule has 1 N–H and O–H groups in total. The molecule has 150 valence electrons. The van der Waals surface area contributed by atoms with E-state index in [1.54, 1.807) is 0 Å². The maximum atomic E-state index is 10.8. The van der Waals surface area contributed by atoms with Crippen molar-refractivity contribution in [3.05, 3.63) is 63.7 Å². The average Bonchev–Trinajstić information content (AvgIpc) is 2.70. The molecule has 0 saturated carbocycles. The van der Waals surface area contributed by atoms with Gasteiger partial charge >= 0.3 is 5.97 Å². The zero-order valence-electron chi connectivity index (χ0n) is 16.6. The number of ether oxygens (including phenoxy) is 1. The summed E-state index contributed by atoms with van der Waals surface area (Å²) in [5.41, 5.74) is 4.94. The number of nitrogens with zero attached hydrogens (tertiary/aromatic N) is 1. The fraction of sp³-hybridized carbons (Fsp3) is 0.435. The summed E-state index contributed by atoms with van der Waals surface area (Å²) in [6, 6.07) is 12.7. The van der Waals surface area contributed by atoms with Crippen molar-refractivity contribution < 1.29 is 14.6 Å². The summed E-state index contributed by atoms with van der Waals surface area (Å²) in [4.78, 5) is 13.0. The van der Waals surface area contributed by atoms with Crippen LogP contribution in [0.25, 0.3) is 0 Å². The molecule has 0 spiro atoms. The highest BCUT2D eigenvalue weighted by Crippen LogP contribution is 2.29. The van der Waals surface area contributed by atoms with Crippen LogP contribution in [-0.4, -0.2) is 35.6 Å². The minimum atomic E-state index is -0.741. The number of hydrogen-bond acceptors (Lipinski definition) is 3. The Morgan fingerprint density at radius 2 is 2.11 bits per heavy atom.